The number of furan rings is 1. The molecule has 6 aromatic rings. The van der Waals surface area contributed by atoms with Crippen LogP contribution in [0.5, 0.6) is 29.1 Å². The van der Waals surface area contributed by atoms with Crippen LogP contribution in [0.1, 0.15) is 25.7 Å². The van der Waals surface area contributed by atoms with Crippen LogP contribution in [-0.4, -0.2) is 92.8 Å². The first-order valence-electron chi connectivity index (χ1n) is 16.6. The number of rotatable bonds is 8. The van der Waals surface area contributed by atoms with Gasteiger partial charge in [0.05, 0.1) is 11.6 Å². The van der Waals surface area contributed by atoms with Crippen LogP contribution in [0, 0.1) is 11.6 Å². The molecule has 0 radical (unpaired) electrons. The summed E-state index contributed by atoms with van der Waals surface area (Å²) in [7, 11) is 4.09. The van der Waals surface area contributed by atoms with E-state index in [-0.39, 0.29) is 46.7 Å². The second-order valence-electron chi connectivity index (χ2n) is 13.0. The fourth-order valence-electron chi connectivity index (χ4n) is 6.80. The normalized spacial score (nSPS) is 18.9. The molecule has 0 saturated carbocycles. The third kappa shape index (κ3) is 6.27. The van der Waals surface area contributed by atoms with Gasteiger partial charge in [0.1, 0.15) is 52.2 Å². The van der Waals surface area contributed by atoms with Crippen molar-refractivity contribution in [3.63, 3.8) is 0 Å². The summed E-state index contributed by atoms with van der Waals surface area (Å²) < 4.78 is 53.5. The number of likely N-dealkylation sites (tertiary alicyclic amines) is 2. The number of nitrogens with one attached hydrogen (secondary N) is 1. The molecule has 2 saturated heterocycles. The topological polar surface area (TPSA) is 135 Å². The van der Waals surface area contributed by atoms with Crippen molar-refractivity contribution in [1.82, 2.24) is 35.2 Å². The molecule has 2 aliphatic rings. The molecule has 2 N–H and O–H groups in total. The third-order valence-corrected chi connectivity index (χ3v) is 9.21. The molecule has 0 unspecified atom stereocenters. The second kappa shape index (κ2) is 13.2. The average Bonchev–Trinajstić information content (AvgIpc) is 3.75. The lowest BCUT2D eigenvalue weighted by atomic mass is 10.1. The zero-order chi connectivity index (χ0) is 34.4. The van der Waals surface area contributed by atoms with Crippen LogP contribution in [0.15, 0.2) is 59.2 Å². The van der Waals surface area contributed by atoms with E-state index in [2.05, 4.69) is 42.2 Å². The lowest BCUT2D eigenvalue weighted by Gasteiger charge is -2.29. The van der Waals surface area contributed by atoms with E-state index in [1.165, 1.54) is 30.5 Å². The van der Waals surface area contributed by atoms with Crippen LogP contribution in [0.3, 0.4) is 0 Å². The highest BCUT2D eigenvalue weighted by Crippen LogP contribution is 2.42. The number of benzene rings is 2. The van der Waals surface area contributed by atoms with Crippen LogP contribution in [0.2, 0.25) is 0 Å². The van der Waals surface area contributed by atoms with E-state index in [0.29, 0.717) is 45.6 Å². The van der Waals surface area contributed by atoms with Gasteiger partial charge >= 0.3 is 0 Å². The molecule has 14 heteroatoms. The SMILES string of the molecule is CN1CCC[C@@H](Oc2nnc(-c3ccc(F)cc3O)c3cc(Oc4cc(F)ccc4-c4nnc(O[C@@H]5CCCN(C)C5)c5occc45)[nH]c23)C1. The van der Waals surface area contributed by atoms with Gasteiger partial charge in [-0.05, 0) is 83.2 Å². The molecule has 258 valence electrons. The third-order valence-electron chi connectivity index (χ3n) is 9.21. The zero-order valence-electron chi connectivity index (χ0n) is 27.5. The monoisotopic (exact) mass is 683 g/mol. The predicted octanol–water partition coefficient (Wildman–Crippen LogP) is 6.55. The number of likely N-dealkylation sites (N-methyl/N-ethyl adjacent to an activating group) is 2. The highest BCUT2D eigenvalue weighted by atomic mass is 19.1. The first-order valence-corrected chi connectivity index (χ1v) is 16.6. The number of nitrogens with zero attached hydrogens (tertiary/aromatic N) is 6. The molecule has 0 spiro atoms. The second-order valence-corrected chi connectivity index (χ2v) is 13.0. The molecule has 6 heterocycles. The Bertz CT molecular complexity index is 2190. The van der Waals surface area contributed by atoms with Crippen molar-refractivity contribution in [3.8, 4) is 51.7 Å². The largest absolute Gasteiger partial charge is 0.507 e. The van der Waals surface area contributed by atoms with Gasteiger partial charge < -0.3 is 38.5 Å². The van der Waals surface area contributed by atoms with Crippen molar-refractivity contribution in [3.05, 3.63) is 66.4 Å². The molecule has 0 bridgehead atoms. The van der Waals surface area contributed by atoms with Crippen LogP contribution in [0.25, 0.3) is 44.4 Å². The van der Waals surface area contributed by atoms with Gasteiger partial charge in [-0.25, -0.2) is 8.78 Å². The fourth-order valence-corrected chi connectivity index (χ4v) is 6.80. The number of aromatic amines is 1. The summed E-state index contributed by atoms with van der Waals surface area (Å²) in [6, 6.07) is 11.2. The smallest absolute Gasteiger partial charge is 0.278 e. The van der Waals surface area contributed by atoms with Gasteiger partial charge in [-0.1, -0.05) is 0 Å². The molecular weight excluding hydrogens is 648 g/mol. The number of ether oxygens (including phenoxy) is 3. The van der Waals surface area contributed by atoms with Crippen LogP contribution in [-0.2, 0) is 0 Å². The minimum atomic E-state index is -0.593. The first kappa shape index (κ1) is 31.9. The summed E-state index contributed by atoms with van der Waals surface area (Å²) in [5, 5.41) is 29.4. The van der Waals surface area contributed by atoms with Crippen molar-refractivity contribution in [2.45, 2.75) is 37.9 Å². The molecule has 4 aromatic heterocycles. The van der Waals surface area contributed by atoms with Gasteiger partial charge in [0, 0.05) is 47.8 Å². The number of H-pyrrole nitrogens is 1. The van der Waals surface area contributed by atoms with Crippen LogP contribution < -0.4 is 14.2 Å². The van der Waals surface area contributed by atoms with Crippen molar-refractivity contribution in [1.29, 1.82) is 0 Å². The number of aromatic nitrogens is 5. The summed E-state index contributed by atoms with van der Waals surface area (Å²) in [4.78, 5) is 7.62. The Kier molecular flexibility index (Phi) is 8.41. The number of phenols is 1. The van der Waals surface area contributed by atoms with E-state index in [9.17, 15) is 13.9 Å². The highest BCUT2D eigenvalue weighted by Gasteiger charge is 2.26. The average molecular weight is 684 g/mol. The summed E-state index contributed by atoms with van der Waals surface area (Å²) in [6.07, 6.45) is 5.09. The van der Waals surface area contributed by atoms with Gasteiger partial charge in [0.15, 0.2) is 11.5 Å². The number of halogens is 2. The quantitative estimate of drug-likeness (QED) is 0.181. The van der Waals surface area contributed by atoms with E-state index in [4.69, 9.17) is 18.6 Å². The Hall–Kier alpha value is -5.34. The molecule has 2 fully saturated rings. The maximum atomic E-state index is 14.8. The maximum absolute atomic E-state index is 14.8. The Labute approximate surface area is 285 Å². The van der Waals surface area contributed by atoms with E-state index in [0.717, 1.165) is 51.4 Å². The van der Waals surface area contributed by atoms with Crippen molar-refractivity contribution in [2.75, 3.05) is 40.3 Å². The van der Waals surface area contributed by atoms with Gasteiger partial charge in [-0.2, -0.15) is 0 Å². The van der Waals surface area contributed by atoms with E-state index in [1.54, 1.807) is 18.2 Å². The highest BCUT2D eigenvalue weighted by molar-refractivity contribution is 5.98. The summed E-state index contributed by atoms with van der Waals surface area (Å²) >= 11 is 0. The number of piperidine rings is 2. The van der Waals surface area contributed by atoms with E-state index < -0.39 is 11.6 Å². The Balaban J connectivity index is 1.18. The number of fused-ring (bicyclic) bond motifs is 2. The van der Waals surface area contributed by atoms with Gasteiger partial charge in [-0.15, -0.1) is 20.4 Å². The van der Waals surface area contributed by atoms with Gasteiger partial charge in [0.2, 0.25) is 0 Å². The molecule has 2 aromatic carbocycles. The number of hydrogen-bond acceptors (Lipinski definition) is 11. The molecule has 0 amide bonds. The summed E-state index contributed by atoms with van der Waals surface area (Å²) in [6.45, 7) is 3.47. The summed E-state index contributed by atoms with van der Waals surface area (Å²) in [5.74, 6) is -0.515. The number of hydrogen-bond donors (Lipinski definition) is 2. The molecule has 8 rings (SSSR count). The molecule has 12 nitrogen and oxygen atoms in total. The Morgan fingerprint density at radius 2 is 1.42 bits per heavy atom. The lowest BCUT2D eigenvalue weighted by molar-refractivity contribution is 0.0995. The molecule has 2 aliphatic heterocycles. The Morgan fingerprint density at radius 1 is 0.780 bits per heavy atom. The van der Waals surface area contributed by atoms with Crippen molar-refractivity contribution < 1.29 is 32.5 Å². The molecule has 0 aliphatic carbocycles. The first-order chi connectivity index (χ1) is 24.3. The zero-order valence-corrected chi connectivity index (χ0v) is 27.5. The summed E-state index contributed by atoms with van der Waals surface area (Å²) in [5.41, 5.74) is 2.31. The molecule has 50 heavy (non-hydrogen) atoms. The minimum absolute atomic E-state index is 0.0486. The predicted molar refractivity (Wildman–Crippen MR) is 181 cm³/mol. The maximum Gasteiger partial charge on any atom is 0.278 e. The van der Waals surface area contributed by atoms with Crippen molar-refractivity contribution >= 4 is 21.9 Å². The molecular formula is C36H35F2N7O5. The fraction of sp³-hybridized carbons (Fsp3) is 0.333. The van der Waals surface area contributed by atoms with Gasteiger partial charge in [0.25, 0.3) is 11.8 Å². The lowest BCUT2D eigenvalue weighted by Crippen LogP contribution is -2.38. The minimum Gasteiger partial charge on any atom is -0.507 e. The van der Waals surface area contributed by atoms with E-state index in [1.807, 2.05) is 7.05 Å². The standard InChI is InChI=1S/C36H35F2N7O5/c1-44-12-3-5-22(18-44)48-35-33-27(31(40-42-35)24-9-7-20(37)15-28(24)46)17-30(39-33)50-29-16-21(38)8-10-25(29)32-26-11-14-47-34(26)36(43-41-32)49-23-6-4-13-45(2)19-23/h7-11,14-17,22-23,39,46H,3-6,12-13,18-19H2,1-2H3/t22-,23-/m1/s1. The van der Waals surface area contributed by atoms with Crippen LogP contribution >= 0.6 is 0 Å². The number of phenolic OH excluding ortho intramolecular Hbond substituents is 1. The Morgan fingerprint density at radius 3 is 2.12 bits per heavy atom. The number of aromatic hydroxyl groups is 1. The van der Waals surface area contributed by atoms with Crippen molar-refractivity contribution in [2.24, 2.45) is 0 Å². The van der Waals surface area contributed by atoms with E-state index >= 15 is 0 Å². The molecule has 2 atom stereocenters. The van der Waals surface area contributed by atoms with Gasteiger partial charge in [-0.3, -0.25) is 0 Å². The van der Waals surface area contributed by atoms with Crippen LogP contribution in [0.4, 0.5) is 8.78 Å².